The lowest BCUT2D eigenvalue weighted by Gasteiger charge is -2.39. The van der Waals surface area contributed by atoms with E-state index in [1.807, 2.05) is 117 Å². The van der Waals surface area contributed by atoms with E-state index in [2.05, 4.69) is 273 Å². The molecule has 0 unspecified atom stereocenters. The average Bonchev–Trinajstić information content (AvgIpc) is 1.41. The van der Waals surface area contributed by atoms with Crippen LogP contribution in [0.5, 0.6) is 0 Å². The summed E-state index contributed by atoms with van der Waals surface area (Å²) in [4.78, 5) is 57.6. The van der Waals surface area contributed by atoms with Crippen molar-refractivity contribution in [3.8, 4) is 55.6 Å². The molecule has 0 atom stereocenters. The summed E-state index contributed by atoms with van der Waals surface area (Å²) in [6, 6.07) is 86.4. The maximum atomic E-state index is 4.78. The summed E-state index contributed by atoms with van der Waals surface area (Å²) >= 11 is 0. The Morgan fingerprint density at radius 2 is 0.400 bits per heavy atom. The molecule has 0 saturated carbocycles. The van der Waals surface area contributed by atoms with E-state index in [1.54, 1.807) is 0 Å². The summed E-state index contributed by atoms with van der Waals surface area (Å²) in [5.41, 5.74) is 72.3. The molecule has 0 spiro atoms. The Kier molecular flexibility index (Phi) is 16.8. The first kappa shape index (κ1) is 77.9. The van der Waals surface area contributed by atoms with Crippen molar-refractivity contribution in [2.45, 2.75) is 96.3 Å². The van der Waals surface area contributed by atoms with Crippen molar-refractivity contribution in [2.24, 2.45) is 0 Å². The third-order valence-corrected chi connectivity index (χ3v) is 32.3. The van der Waals surface area contributed by atoms with Crippen LogP contribution in [0.2, 0.25) is 0 Å². The first-order valence-corrected chi connectivity index (χ1v) is 49.0. The standard InChI is InChI=1S/5C25H17N3/c1-2-7-18-15(5-1)12-20-19(18)13-17-11-16-6-3-10-27-25(16)28-23-8-4-9-26-22(23)14-21(20)24(17)28;1-2-6-19-15(4-1)11-21-20(19)13-18-10-16-7-9-26-14-23(16)28-24(18)22(21)12-17-5-3-8-27-25(17)28;1-2-5-18-15(4-1)11-20-19(18)12-17-10-16-7-9-26-14-24(16)28-23-6-3-8-27-22(23)13-21(20)25(17)28;1-2-4-19-15(3-1)10-21-20(19)11-17-9-16-5-7-27-14-24(16)28-23-6-8-26-13-18(23)12-22(21)25(17)28;1-2-4-19-15(3-1)10-21-20(19)12-18-9-16-5-7-26-13-23(16)28-24-14-27-8-6-17(24)11-22(21)25(18)28/h1-10,13H,11-12,14H2;1-9,13-14H,10-12H2;1-9,12,14H,10-11,13H2;1-8,11,13-14H,9-10,12H2;1-8,12-14H,9-11H2. The Balaban J connectivity index is 0.0000000806. The molecular weight excluding hydrogens is 1710 g/mol. The van der Waals surface area contributed by atoms with Gasteiger partial charge in [0.1, 0.15) is 11.6 Å². The van der Waals surface area contributed by atoms with Gasteiger partial charge in [0.15, 0.2) is 0 Å². The van der Waals surface area contributed by atoms with Crippen LogP contribution in [0.1, 0.15) is 167 Å². The van der Waals surface area contributed by atoms with Crippen molar-refractivity contribution in [3.63, 3.8) is 0 Å². The average molecular weight is 1800 g/mol. The van der Waals surface area contributed by atoms with Gasteiger partial charge in [-0.2, -0.15) is 0 Å². The van der Waals surface area contributed by atoms with E-state index in [9.17, 15) is 0 Å². The largest absolute Gasteiger partial charge is 0.308 e. The smallest absolute Gasteiger partial charge is 0.141 e. The molecular formula is C125H85N15. The topological polar surface area (TPSA) is 145 Å². The van der Waals surface area contributed by atoms with Gasteiger partial charge in [0.05, 0.1) is 116 Å². The molecule has 15 nitrogen and oxygen atoms in total. The molecule has 15 aliphatic rings. The number of hydrogen-bond acceptors (Lipinski definition) is 15. The maximum absolute atomic E-state index is 4.78. The first-order valence-electron chi connectivity index (χ1n) is 49.0. The molecule has 15 heteroatoms. The van der Waals surface area contributed by atoms with Crippen LogP contribution in [-0.2, 0) is 96.3 Å². The molecule has 0 N–H and O–H groups in total. The highest BCUT2D eigenvalue weighted by Crippen LogP contribution is 2.62. The van der Waals surface area contributed by atoms with Crippen LogP contribution in [0.4, 0.5) is 85.6 Å². The van der Waals surface area contributed by atoms with Gasteiger partial charge >= 0.3 is 0 Å². The van der Waals surface area contributed by atoms with Crippen molar-refractivity contribution in [1.82, 2.24) is 49.8 Å². The number of rotatable bonds is 0. The highest BCUT2D eigenvalue weighted by Gasteiger charge is 2.44. The third kappa shape index (κ3) is 11.5. The minimum Gasteiger partial charge on any atom is -0.308 e. The molecule has 0 amide bonds. The Hall–Kier alpha value is -17.3. The summed E-state index contributed by atoms with van der Waals surface area (Å²) < 4.78 is 0. The number of fused-ring (bicyclic) bond motifs is 40. The van der Waals surface area contributed by atoms with Gasteiger partial charge in [-0.25, -0.2) is 9.97 Å². The normalized spacial score (nSPS) is 14.6. The monoisotopic (exact) mass is 1800 g/mol. The number of aromatic nitrogens is 10. The quantitative estimate of drug-likeness (QED) is 0.142. The molecule has 20 aromatic rings. The lowest BCUT2D eigenvalue weighted by molar-refractivity contribution is 0.939. The summed E-state index contributed by atoms with van der Waals surface area (Å²) in [7, 11) is 0. The zero-order valence-electron chi connectivity index (χ0n) is 76.6. The van der Waals surface area contributed by atoms with Crippen LogP contribution < -0.4 is 24.5 Å². The van der Waals surface area contributed by atoms with Gasteiger partial charge < -0.3 is 14.7 Å². The van der Waals surface area contributed by atoms with Crippen molar-refractivity contribution in [1.29, 1.82) is 0 Å². The van der Waals surface area contributed by atoms with Gasteiger partial charge in [0.25, 0.3) is 0 Å². The van der Waals surface area contributed by atoms with Crippen LogP contribution in [0.25, 0.3) is 55.6 Å². The van der Waals surface area contributed by atoms with E-state index >= 15 is 0 Å². The predicted molar refractivity (Wildman–Crippen MR) is 553 cm³/mol. The summed E-state index contributed by atoms with van der Waals surface area (Å²) in [6.07, 6.45) is 45.7. The van der Waals surface area contributed by atoms with Gasteiger partial charge in [-0.05, 0) is 347 Å². The van der Waals surface area contributed by atoms with E-state index in [0.717, 1.165) is 119 Å². The van der Waals surface area contributed by atoms with Crippen molar-refractivity contribution in [3.05, 3.63) is 503 Å². The lowest BCUT2D eigenvalue weighted by atomic mass is 9.83. The number of benzene rings is 10. The fourth-order valence-electron chi connectivity index (χ4n) is 26.4. The molecule has 20 heterocycles. The molecule has 660 valence electrons. The van der Waals surface area contributed by atoms with E-state index in [-0.39, 0.29) is 0 Å². The van der Waals surface area contributed by atoms with Crippen LogP contribution in [-0.4, -0.2) is 49.8 Å². The molecule has 10 aromatic carbocycles. The molecule has 10 aliphatic heterocycles. The van der Waals surface area contributed by atoms with E-state index in [4.69, 9.17) is 19.9 Å². The van der Waals surface area contributed by atoms with Crippen molar-refractivity contribution >= 4 is 85.6 Å². The molecule has 0 saturated heterocycles. The number of hydrogen-bond donors (Lipinski definition) is 0. The second-order valence-corrected chi connectivity index (χ2v) is 39.5. The van der Waals surface area contributed by atoms with E-state index in [0.29, 0.717) is 0 Å². The van der Waals surface area contributed by atoms with Crippen LogP contribution in [0, 0.1) is 0 Å². The minimum atomic E-state index is 0.897. The first-order chi connectivity index (χ1) is 69.4. The highest BCUT2D eigenvalue weighted by molar-refractivity contribution is 6.00. The highest BCUT2D eigenvalue weighted by atomic mass is 15.2. The molecule has 0 fully saturated rings. The summed E-state index contributed by atoms with van der Waals surface area (Å²) in [6.45, 7) is 0. The Labute approximate surface area is 809 Å². The minimum absolute atomic E-state index is 0.897. The van der Waals surface area contributed by atoms with Gasteiger partial charge in [-0.1, -0.05) is 133 Å². The lowest BCUT2D eigenvalue weighted by Crippen LogP contribution is -2.27. The van der Waals surface area contributed by atoms with Crippen LogP contribution in [0.15, 0.2) is 336 Å². The predicted octanol–water partition coefficient (Wildman–Crippen LogP) is 26.6. The molecule has 5 aliphatic carbocycles. The van der Waals surface area contributed by atoms with Crippen LogP contribution >= 0.6 is 0 Å². The van der Waals surface area contributed by atoms with E-state index in [1.165, 1.54) is 285 Å². The second-order valence-electron chi connectivity index (χ2n) is 39.5. The number of pyridine rings is 10. The summed E-state index contributed by atoms with van der Waals surface area (Å²) in [5, 5.41) is 0. The fourth-order valence-corrected chi connectivity index (χ4v) is 26.4. The van der Waals surface area contributed by atoms with Gasteiger partial charge in [-0.3, -0.25) is 49.7 Å². The second kappa shape index (κ2) is 30.1. The Morgan fingerprint density at radius 1 is 0.150 bits per heavy atom. The van der Waals surface area contributed by atoms with Crippen molar-refractivity contribution < 1.29 is 0 Å². The maximum Gasteiger partial charge on any atom is 0.141 e. The summed E-state index contributed by atoms with van der Waals surface area (Å²) in [5.74, 6) is 2.11. The fraction of sp³-hybridized carbons (Fsp3) is 0.120. The molecule has 140 heavy (non-hydrogen) atoms. The molecule has 10 aromatic heterocycles. The molecule has 0 radical (unpaired) electrons. The van der Waals surface area contributed by atoms with Crippen molar-refractivity contribution in [2.75, 3.05) is 24.5 Å². The SMILES string of the molecule is c1ccc2c(c1)Cc1c-2cc2c3c1Cc1cccnc1N3c1cnccc1C2.c1ccc2c(c1)Cc1c-2cc2c3c1Cc1ccncc1N3c1cnccc1C2.c1ccc2c(c1)Cc1c-2cc2c3c1Cc1cnccc1N3c1cnccc1C2.c1ccc2c(c1)Cc1c-2cc2c3c1Cc1ncccc1N3c1cnccc1C2.c1ccc2c(c1)Cc1c-2cc2c3c1Cc1ncccc1N3c1ncccc1C2. The van der Waals surface area contributed by atoms with Crippen LogP contribution in [0.3, 0.4) is 0 Å². The molecule has 0 bridgehead atoms. The van der Waals surface area contributed by atoms with Gasteiger partial charge in [-0.15, -0.1) is 0 Å². The Morgan fingerprint density at radius 3 is 0.786 bits per heavy atom. The zero-order valence-corrected chi connectivity index (χ0v) is 76.6. The molecule has 35 rings (SSSR count). The van der Waals surface area contributed by atoms with E-state index < -0.39 is 0 Å². The number of nitrogens with zero attached hydrogens (tertiary/aromatic N) is 15. The third-order valence-electron chi connectivity index (χ3n) is 32.3. The van der Waals surface area contributed by atoms with Gasteiger partial charge in [0, 0.05) is 132 Å². The Bertz CT molecular complexity index is 7660. The van der Waals surface area contributed by atoms with Gasteiger partial charge in [0.2, 0.25) is 0 Å². The number of anilines is 15. The zero-order chi connectivity index (χ0) is 91.2.